The zero-order valence-electron chi connectivity index (χ0n) is 17.5. The number of benzene rings is 4. The van der Waals surface area contributed by atoms with Crippen LogP contribution in [0.4, 0.5) is 0 Å². The Balaban J connectivity index is 1.67. The molecule has 4 aromatic carbocycles. The largest absolute Gasteiger partial charge is 0.226 e. The van der Waals surface area contributed by atoms with Gasteiger partial charge in [0.05, 0.1) is 11.6 Å². The van der Waals surface area contributed by atoms with Crippen molar-refractivity contribution in [2.75, 3.05) is 0 Å². The molecule has 0 aliphatic rings. The van der Waals surface area contributed by atoms with E-state index < -0.39 is 0 Å². The lowest BCUT2D eigenvalue weighted by atomic mass is 9.96. The maximum Gasteiger partial charge on any atom is 0.226 e. The molecule has 1 aromatic heterocycles. The van der Waals surface area contributed by atoms with Crippen LogP contribution in [0.1, 0.15) is 5.56 Å². The minimum atomic E-state index is 0.116. The molecule has 0 N–H and O–H groups in total. The van der Waals surface area contributed by atoms with Gasteiger partial charge in [-0.25, -0.2) is 4.98 Å². The third kappa shape index (κ3) is 4.50. The van der Waals surface area contributed by atoms with Gasteiger partial charge in [0.2, 0.25) is 5.28 Å². The Hall–Kier alpha value is -4.33. The topological polar surface area (TPSA) is 62.5 Å². The first-order chi connectivity index (χ1) is 16.2. The number of halogens is 1. The average molecular weight is 445 g/mol. The van der Waals surface area contributed by atoms with Gasteiger partial charge < -0.3 is 0 Å². The Bertz CT molecular complexity index is 1400. The normalized spacial score (nSPS) is 10.5. The summed E-state index contributed by atoms with van der Waals surface area (Å²) in [4.78, 5) is 13.4. The fourth-order valence-corrected chi connectivity index (χ4v) is 3.81. The number of aromatic nitrogens is 3. The van der Waals surface area contributed by atoms with Crippen molar-refractivity contribution in [3.8, 4) is 51.1 Å². The van der Waals surface area contributed by atoms with Crippen LogP contribution in [0.3, 0.4) is 0 Å². The Labute approximate surface area is 196 Å². The van der Waals surface area contributed by atoms with E-state index in [4.69, 9.17) is 21.8 Å². The van der Waals surface area contributed by atoms with Gasteiger partial charge in [-0.2, -0.15) is 15.2 Å². The molecule has 0 aliphatic heterocycles. The summed E-state index contributed by atoms with van der Waals surface area (Å²) in [6, 6.07) is 35.9. The van der Waals surface area contributed by atoms with Gasteiger partial charge in [-0.3, -0.25) is 0 Å². The van der Waals surface area contributed by atoms with Gasteiger partial charge in [-0.05, 0) is 76.3 Å². The van der Waals surface area contributed by atoms with Crippen molar-refractivity contribution < 1.29 is 0 Å². The standard InChI is InChI=1S/C28H17ClN4/c29-28-32-26(22-13-11-19(18-30)12-14-22)31-27(33-28)25-16-23(20-7-3-1-4-8-20)15-24(17-25)21-9-5-2-6-10-21/h1-17H. The summed E-state index contributed by atoms with van der Waals surface area (Å²) in [5.41, 5.74) is 6.50. The SMILES string of the molecule is N#Cc1ccc(-c2nc(Cl)nc(-c3cc(-c4ccccc4)cc(-c4ccccc4)c3)n2)cc1. The second-order valence-corrected chi connectivity index (χ2v) is 7.81. The lowest BCUT2D eigenvalue weighted by molar-refractivity contribution is 1.07. The molecule has 5 rings (SSSR count). The van der Waals surface area contributed by atoms with Crippen molar-refractivity contribution in [2.24, 2.45) is 0 Å². The molecule has 5 heteroatoms. The Kier molecular flexibility index (Phi) is 5.63. The zero-order chi connectivity index (χ0) is 22.6. The molecule has 0 amide bonds. The van der Waals surface area contributed by atoms with E-state index in [-0.39, 0.29) is 5.28 Å². The number of hydrogen-bond donors (Lipinski definition) is 0. The zero-order valence-corrected chi connectivity index (χ0v) is 18.2. The Morgan fingerprint density at radius 1 is 0.515 bits per heavy atom. The molecule has 0 aliphatic carbocycles. The number of hydrogen-bond acceptors (Lipinski definition) is 4. The van der Waals surface area contributed by atoms with Gasteiger partial charge in [0.1, 0.15) is 0 Å². The molecule has 4 nitrogen and oxygen atoms in total. The van der Waals surface area contributed by atoms with Crippen molar-refractivity contribution in [3.63, 3.8) is 0 Å². The van der Waals surface area contributed by atoms with Gasteiger partial charge in [0, 0.05) is 11.1 Å². The molecule has 0 fully saturated rings. The lowest BCUT2D eigenvalue weighted by Crippen LogP contribution is -1.98. The molecule has 0 unspecified atom stereocenters. The van der Waals surface area contributed by atoms with Gasteiger partial charge in [0.25, 0.3) is 0 Å². The molecule has 0 atom stereocenters. The second kappa shape index (κ2) is 9.04. The first kappa shape index (κ1) is 20.6. The fraction of sp³-hybridized carbons (Fsp3) is 0. The monoisotopic (exact) mass is 444 g/mol. The van der Waals surface area contributed by atoms with Gasteiger partial charge >= 0.3 is 0 Å². The highest BCUT2D eigenvalue weighted by Gasteiger charge is 2.13. The van der Waals surface area contributed by atoms with Crippen molar-refractivity contribution in [1.82, 2.24) is 15.0 Å². The summed E-state index contributed by atoms with van der Waals surface area (Å²) in [5, 5.41) is 9.18. The van der Waals surface area contributed by atoms with Crippen molar-refractivity contribution in [2.45, 2.75) is 0 Å². The highest BCUT2D eigenvalue weighted by molar-refractivity contribution is 6.28. The van der Waals surface area contributed by atoms with Gasteiger partial charge in [0.15, 0.2) is 11.6 Å². The van der Waals surface area contributed by atoms with E-state index >= 15 is 0 Å². The Morgan fingerprint density at radius 3 is 1.52 bits per heavy atom. The third-order valence-electron chi connectivity index (χ3n) is 5.29. The predicted octanol–water partition coefficient (Wildman–Crippen LogP) is 7.06. The van der Waals surface area contributed by atoms with E-state index in [1.807, 2.05) is 48.5 Å². The van der Waals surface area contributed by atoms with Crippen molar-refractivity contribution in [1.29, 1.82) is 5.26 Å². The molecular weight excluding hydrogens is 428 g/mol. The van der Waals surface area contributed by atoms with Crippen LogP contribution in [0.5, 0.6) is 0 Å². The van der Waals surface area contributed by atoms with E-state index in [1.54, 1.807) is 12.1 Å². The lowest BCUT2D eigenvalue weighted by Gasteiger charge is -2.11. The predicted molar refractivity (Wildman–Crippen MR) is 131 cm³/mol. The minimum absolute atomic E-state index is 0.116. The first-order valence-corrected chi connectivity index (χ1v) is 10.8. The molecule has 5 aromatic rings. The van der Waals surface area contributed by atoms with Gasteiger partial charge in [-0.15, -0.1) is 0 Å². The van der Waals surface area contributed by atoms with Crippen LogP contribution in [0, 0.1) is 11.3 Å². The molecule has 156 valence electrons. The summed E-state index contributed by atoms with van der Waals surface area (Å²) in [7, 11) is 0. The fourth-order valence-electron chi connectivity index (χ4n) is 3.65. The summed E-state index contributed by atoms with van der Waals surface area (Å²) < 4.78 is 0. The highest BCUT2D eigenvalue weighted by atomic mass is 35.5. The third-order valence-corrected chi connectivity index (χ3v) is 5.45. The molecular formula is C28H17ClN4. The second-order valence-electron chi connectivity index (χ2n) is 7.47. The van der Waals surface area contributed by atoms with E-state index in [1.165, 1.54) is 0 Å². The Morgan fingerprint density at radius 2 is 1.00 bits per heavy atom. The summed E-state index contributed by atoms with van der Waals surface area (Å²) in [6.45, 7) is 0. The average Bonchev–Trinajstić information content (AvgIpc) is 2.89. The van der Waals surface area contributed by atoms with Crippen LogP contribution < -0.4 is 0 Å². The van der Waals surface area contributed by atoms with Crippen molar-refractivity contribution >= 4 is 11.6 Å². The van der Waals surface area contributed by atoms with Crippen LogP contribution in [0.25, 0.3) is 45.0 Å². The minimum Gasteiger partial charge on any atom is -0.208 e. The summed E-state index contributed by atoms with van der Waals surface area (Å²) in [5.74, 6) is 0.949. The molecule has 0 saturated heterocycles. The van der Waals surface area contributed by atoms with Crippen LogP contribution in [-0.2, 0) is 0 Å². The molecule has 0 bridgehead atoms. The van der Waals surface area contributed by atoms with E-state index in [0.717, 1.165) is 33.4 Å². The van der Waals surface area contributed by atoms with E-state index in [9.17, 15) is 0 Å². The summed E-state index contributed by atoms with van der Waals surface area (Å²) >= 11 is 6.31. The quantitative estimate of drug-likeness (QED) is 0.297. The number of nitriles is 1. The van der Waals surface area contributed by atoms with Crippen LogP contribution >= 0.6 is 11.6 Å². The van der Waals surface area contributed by atoms with Gasteiger partial charge in [-0.1, -0.05) is 60.7 Å². The maximum atomic E-state index is 9.06. The molecule has 1 heterocycles. The maximum absolute atomic E-state index is 9.06. The number of nitrogens with zero attached hydrogens (tertiary/aromatic N) is 4. The molecule has 0 radical (unpaired) electrons. The van der Waals surface area contributed by atoms with E-state index in [2.05, 4.69) is 58.5 Å². The van der Waals surface area contributed by atoms with Crippen LogP contribution in [-0.4, -0.2) is 15.0 Å². The smallest absolute Gasteiger partial charge is 0.208 e. The van der Waals surface area contributed by atoms with Crippen molar-refractivity contribution in [3.05, 3.63) is 114 Å². The molecule has 0 saturated carbocycles. The van der Waals surface area contributed by atoms with E-state index in [0.29, 0.717) is 17.2 Å². The van der Waals surface area contributed by atoms with Crippen LogP contribution in [0.15, 0.2) is 103 Å². The molecule has 0 spiro atoms. The van der Waals surface area contributed by atoms with Crippen LogP contribution in [0.2, 0.25) is 5.28 Å². The molecule has 33 heavy (non-hydrogen) atoms. The highest BCUT2D eigenvalue weighted by Crippen LogP contribution is 2.32. The summed E-state index contributed by atoms with van der Waals surface area (Å²) in [6.07, 6.45) is 0. The first-order valence-electron chi connectivity index (χ1n) is 10.4. The number of rotatable bonds is 4.